The zero-order valence-corrected chi connectivity index (χ0v) is 16.7. The second-order valence-electron chi connectivity index (χ2n) is 7.64. The molecule has 1 atom stereocenters. The van der Waals surface area contributed by atoms with E-state index in [1.807, 2.05) is 6.92 Å². The number of amides is 3. The molecule has 8 heteroatoms. The molecule has 29 heavy (non-hydrogen) atoms. The Morgan fingerprint density at radius 1 is 1.03 bits per heavy atom. The first-order valence-electron chi connectivity index (χ1n) is 10.2. The van der Waals surface area contributed by atoms with Crippen molar-refractivity contribution in [2.45, 2.75) is 44.6 Å². The summed E-state index contributed by atoms with van der Waals surface area (Å²) in [5.74, 6) is -4.49. The summed E-state index contributed by atoms with van der Waals surface area (Å²) in [7, 11) is 0. The molecule has 2 aliphatic heterocycles. The van der Waals surface area contributed by atoms with Crippen LogP contribution in [0.3, 0.4) is 0 Å². The zero-order valence-electron chi connectivity index (χ0n) is 16.7. The van der Waals surface area contributed by atoms with Gasteiger partial charge in [-0.15, -0.1) is 0 Å². The Morgan fingerprint density at radius 2 is 1.69 bits per heavy atom. The lowest BCUT2D eigenvalue weighted by Crippen LogP contribution is -2.58. The Balaban J connectivity index is 1.83. The monoisotopic (exact) mass is 407 g/mol. The molecular weight excluding hydrogens is 380 g/mol. The van der Waals surface area contributed by atoms with Crippen molar-refractivity contribution < 1.29 is 23.2 Å². The predicted octanol–water partition coefficient (Wildman–Crippen LogP) is 2.46. The molecule has 2 heterocycles. The molecular formula is C21H27F2N3O3. The normalized spacial score (nSPS) is 20.7. The fourth-order valence-corrected chi connectivity index (χ4v) is 3.82. The van der Waals surface area contributed by atoms with Crippen LogP contribution in [0.15, 0.2) is 30.3 Å². The molecule has 0 saturated carbocycles. The van der Waals surface area contributed by atoms with Crippen molar-refractivity contribution in [3.8, 4) is 0 Å². The highest BCUT2D eigenvalue weighted by molar-refractivity contribution is 6.35. The van der Waals surface area contributed by atoms with Gasteiger partial charge in [0.15, 0.2) is 0 Å². The molecule has 158 valence electrons. The number of hydrogen-bond acceptors (Lipinski definition) is 3. The van der Waals surface area contributed by atoms with E-state index >= 15 is 0 Å². The molecule has 0 bridgehead atoms. The molecule has 1 aromatic rings. The molecule has 2 aliphatic rings. The van der Waals surface area contributed by atoms with E-state index in [0.29, 0.717) is 18.7 Å². The molecule has 1 aromatic carbocycles. The molecule has 6 nitrogen and oxygen atoms in total. The number of alkyl halides is 2. The molecule has 3 rings (SSSR count). The van der Waals surface area contributed by atoms with Crippen molar-refractivity contribution in [2.24, 2.45) is 0 Å². The summed E-state index contributed by atoms with van der Waals surface area (Å²) in [6.07, 6.45) is 0.935. The highest BCUT2D eigenvalue weighted by Crippen LogP contribution is 2.31. The number of halogens is 2. The third-order valence-corrected chi connectivity index (χ3v) is 5.59. The highest BCUT2D eigenvalue weighted by Gasteiger charge is 2.43. The highest BCUT2D eigenvalue weighted by atomic mass is 19.3. The van der Waals surface area contributed by atoms with Crippen molar-refractivity contribution >= 4 is 17.7 Å². The summed E-state index contributed by atoms with van der Waals surface area (Å²) in [5.41, 5.74) is 0.581. The number of rotatable bonds is 6. The van der Waals surface area contributed by atoms with E-state index in [4.69, 9.17) is 0 Å². The minimum absolute atomic E-state index is 0.0617. The topological polar surface area (TPSA) is 60.9 Å². The van der Waals surface area contributed by atoms with Gasteiger partial charge in [0.1, 0.15) is 6.04 Å². The standard InChI is InChI=1S/C21H27F2N3O3/c1-2-3-11-24-14-15-26(20(29)19(24)28)17(16-7-5-4-6-8-16)18(27)25-12-9-21(22,23)10-13-25/h4-8,17H,2-3,9-15H2,1H3. The average Bonchev–Trinajstić information content (AvgIpc) is 2.71. The van der Waals surface area contributed by atoms with E-state index in [9.17, 15) is 23.2 Å². The van der Waals surface area contributed by atoms with Crippen LogP contribution >= 0.6 is 0 Å². The first-order chi connectivity index (χ1) is 13.8. The van der Waals surface area contributed by atoms with E-state index in [1.165, 1.54) is 14.7 Å². The maximum absolute atomic E-state index is 13.5. The Labute approximate surface area is 169 Å². The van der Waals surface area contributed by atoms with Gasteiger partial charge >= 0.3 is 11.8 Å². The molecule has 3 amide bonds. The lowest BCUT2D eigenvalue weighted by atomic mass is 10.00. The molecule has 2 saturated heterocycles. The van der Waals surface area contributed by atoms with Gasteiger partial charge in [-0.05, 0) is 12.0 Å². The summed E-state index contributed by atoms with van der Waals surface area (Å²) in [6, 6.07) is 7.77. The number of carbonyl (C=O) groups is 3. The first-order valence-corrected chi connectivity index (χ1v) is 10.2. The quantitative estimate of drug-likeness (QED) is 0.681. The second-order valence-corrected chi connectivity index (χ2v) is 7.64. The molecule has 0 radical (unpaired) electrons. The van der Waals surface area contributed by atoms with Crippen LogP contribution in [0.4, 0.5) is 8.78 Å². The smallest absolute Gasteiger partial charge is 0.313 e. The molecule has 0 aliphatic carbocycles. The summed E-state index contributed by atoms with van der Waals surface area (Å²) < 4.78 is 27.1. The maximum atomic E-state index is 13.5. The lowest BCUT2D eigenvalue weighted by molar-refractivity contribution is -0.162. The van der Waals surface area contributed by atoms with E-state index in [1.54, 1.807) is 30.3 Å². The van der Waals surface area contributed by atoms with Crippen LogP contribution in [0.1, 0.15) is 44.2 Å². The summed E-state index contributed by atoms with van der Waals surface area (Å²) in [5, 5.41) is 0. The van der Waals surface area contributed by atoms with Crippen LogP contribution in [0, 0.1) is 0 Å². The Bertz CT molecular complexity index is 747. The van der Waals surface area contributed by atoms with Crippen LogP contribution in [0.25, 0.3) is 0 Å². The molecule has 2 fully saturated rings. The zero-order chi connectivity index (χ0) is 21.0. The lowest BCUT2D eigenvalue weighted by Gasteiger charge is -2.41. The van der Waals surface area contributed by atoms with Gasteiger partial charge < -0.3 is 14.7 Å². The molecule has 1 unspecified atom stereocenters. The predicted molar refractivity (Wildman–Crippen MR) is 103 cm³/mol. The van der Waals surface area contributed by atoms with Crippen LogP contribution in [-0.2, 0) is 14.4 Å². The SMILES string of the molecule is CCCCN1CCN(C(C(=O)N2CCC(F)(F)CC2)c2ccccc2)C(=O)C1=O. The summed E-state index contributed by atoms with van der Waals surface area (Å²) in [6.45, 7) is 3.00. The summed E-state index contributed by atoms with van der Waals surface area (Å²) in [4.78, 5) is 42.9. The van der Waals surface area contributed by atoms with Gasteiger partial charge in [0.25, 0.3) is 5.92 Å². The van der Waals surface area contributed by atoms with Gasteiger partial charge in [0.2, 0.25) is 5.91 Å². The number of benzene rings is 1. The number of unbranched alkanes of at least 4 members (excludes halogenated alkanes) is 1. The Morgan fingerprint density at radius 3 is 2.31 bits per heavy atom. The van der Waals surface area contributed by atoms with Crippen LogP contribution < -0.4 is 0 Å². The van der Waals surface area contributed by atoms with Crippen molar-refractivity contribution in [3.63, 3.8) is 0 Å². The number of hydrogen-bond donors (Lipinski definition) is 0. The second kappa shape index (κ2) is 8.88. The minimum Gasteiger partial charge on any atom is -0.340 e. The van der Waals surface area contributed by atoms with Crippen molar-refractivity contribution in [1.29, 1.82) is 0 Å². The Hall–Kier alpha value is -2.51. The average molecular weight is 407 g/mol. The van der Waals surface area contributed by atoms with Gasteiger partial charge in [0, 0.05) is 45.6 Å². The number of piperazine rings is 1. The van der Waals surface area contributed by atoms with Crippen LogP contribution in [0.2, 0.25) is 0 Å². The Kier molecular flexibility index (Phi) is 6.49. The van der Waals surface area contributed by atoms with E-state index in [0.717, 1.165) is 12.8 Å². The van der Waals surface area contributed by atoms with Crippen molar-refractivity contribution in [1.82, 2.24) is 14.7 Å². The van der Waals surface area contributed by atoms with E-state index in [2.05, 4.69) is 0 Å². The number of piperidine rings is 1. The first kappa shape index (κ1) is 21.2. The van der Waals surface area contributed by atoms with Crippen molar-refractivity contribution in [3.05, 3.63) is 35.9 Å². The maximum Gasteiger partial charge on any atom is 0.313 e. The molecule has 0 N–H and O–H groups in total. The van der Waals surface area contributed by atoms with Gasteiger partial charge in [-0.3, -0.25) is 14.4 Å². The summed E-state index contributed by atoms with van der Waals surface area (Å²) >= 11 is 0. The fraction of sp³-hybridized carbons (Fsp3) is 0.571. The van der Waals surface area contributed by atoms with Crippen LogP contribution in [-0.4, -0.2) is 71.1 Å². The van der Waals surface area contributed by atoms with Gasteiger partial charge in [0.05, 0.1) is 0 Å². The van der Waals surface area contributed by atoms with E-state index in [-0.39, 0.29) is 19.6 Å². The van der Waals surface area contributed by atoms with Crippen molar-refractivity contribution in [2.75, 3.05) is 32.7 Å². The number of likely N-dealkylation sites (tertiary alicyclic amines) is 1. The number of nitrogens with zero attached hydrogens (tertiary/aromatic N) is 3. The van der Waals surface area contributed by atoms with Crippen LogP contribution in [0.5, 0.6) is 0 Å². The molecule has 0 spiro atoms. The minimum atomic E-state index is -2.77. The third-order valence-electron chi connectivity index (χ3n) is 5.59. The largest absolute Gasteiger partial charge is 0.340 e. The van der Waals surface area contributed by atoms with Gasteiger partial charge in [-0.1, -0.05) is 43.7 Å². The number of carbonyl (C=O) groups excluding carboxylic acids is 3. The van der Waals surface area contributed by atoms with Gasteiger partial charge in [-0.2, -0.15) is 0 Å². The van der Waals surface area contributed by atoms with E-state index < -0.39 is 42.5 Å². The molecule has 0 aromatic heterocycles. The van der Waals surface area contributed by atoms with Gasteiger partial charge in [-0.25, -0.2) is 8.78 Å². The third kappa shape index (κ3) is 4.74. The fourth-order valence-electron chi connectivity index (χ4n) is 3.82.